The average Bonchev–Trinajstić information content (AvgIpc) is 3.15. The maximum absolute atomic E-state index is 4.65. The van der Waals surface area contributed by atoms with Crippen molar-refractivity contribution in [3.8, 4) is 11.4 Å². The van der Waals surface area contributed by atoms with Crippen LogP contribution in [0.5, 0.6) is 0 Å². The summed E-state index contributed by atoms with van der Waals surface area (Å²) in [6.07, 6.45) is 5.27. The van der Waals surface area contributed by atoms with E-state index in [0.29, 0.717) is 6.54 Å². The first-order chi connectivity index (χ1) is 14.2. The molecule has 0 fully saturated rings. The number of aromatic nitrogens is 4. The lowest BCUT2D eigenvalue weighted by Gasteiger charge is -2.21. The van der Waals surface area contributed by atoms with Crippen LogP contribution in [0, 0.1) is 13.8 Å². The zero-order valence-electron chi connectivity index (χ0n) is 16.0. The van der Waals surface area contributed by atoms with E-state index in [-0.39, 0.29) is 6.04 Å². The number of fused-ring (bicyclic) bond motifs is 3. The van der Waals surface area contributed by atoms with Gasteiger partial charge in [0.05, 0.1) is 16.9 Å². The smallest absolute Gasteiger partial charge is 0.159 e. The SMILES string of the molecule is Cc1nnc2c(c1C)C1N=CNC(NCc3cccc(-c4ncccn4)c3)=C1S2. The highest BCUT2D eigenvalue weighted by Gasteiger charge is 2.35. The second-order valence-corrected chi connectivity index (χ2v) is 7.95. The van der Waals surface area contributed by atoms with E-state index in [0.717, 1.165) is 49.5 Å². The van der Waals surface area contributed by atoms with E-state index >= 15 is 0 Å². The molecule has 1 aromatic carbocycles. The van der Waals surface area contributed by atoms with E-state index < -0.39 is 0 Å². The number of benzene rings is 1. The fraction of sp³-hybridized carbons (Fsp3) is 0.190. The molecule has 5 rings (SSSR count). The third-order valence-electron chi connectivity index (χ3n) is 5.10. The molecule has 2 N–H and O–H groups in total. The van der Waals surface area contributed by atoms with Gasteiger partial charge in [-0.25, -0.2) is 9.97 Å². The molecule has 1 unspecified atom stereocenters. The molecule has 0 amide bonds. The van der Waals surface area contributed by atoms with E-state index in [9.17, 15) is 0 Å². The Labute approximate surface area is 172 Å². The van der Waals surface area contributed by atoms with Crippen LogP contribution in [0.25, 0.3) is 11.4 Å². The van der Waals surface area contributed by atoms with E-state index in [1.165, 1.54) is 0 Å². The van der Waals surface area contributed by atoms with Gasteiger partial charge in [-0.2, -0.15) is 5.10 Å². The van der Waals surface area contributed by atoms with Crippen molar-refractivity contribution in [1.29, 1.82) is 0 Å². The number of nitrogens with zero attached hydrogens (tertiary/aromatic N) is 5. The maximum Gasteiger partial charge on any atom is 0.159 e. The van der Waals surface area contributed by atoms with Crippen LogP contribution in [-0.4, -0.2) is 26.5 Å². The van der Waals surface area contributed by atoms with Crippen LogP contribution in [0.15, 0.2) is 63.5 Å². The zero-order valence-corrected chi connectivity index (χ0v) is 16.9. The van der Waals surface area contributed by atoms with Gasteiger partial charge in [0, 0.05) is 30.1 Å². The van der Waals surface area contributed by atoms with Gasteiger partial charge in [-0.1, -0.05) is 30.0 Å². The minimum absolute atomic E-state index is 0.0167. The van der Waals surface area contributed by atoms with Crippen molar-refractivity contribution in [3.63, 3.8) is 0 Å². The fourth-order valence-corrected chi connectivity index (χ4v) is 4.66. The first-order valence-corrected chi connectivity index (χ1v) is 10.2. The minimum atomic E-state index is -0.0167. The van der Waals surface area contributed by atoms with Gasteiger partial charge < -0.3 is 10.6 Å². The predicted octanol–water partition coefficient (Wildman–Crippen LogP) is 3.29. The van der Waals surface area contributed by atoms with E-state index in [1.54, 1.807) is 30.5 Å². The second-order valence-electron chi connectivity index (χ2n) is 6.92. The Morgan fingerprint density at radius 3 is 2.83 bits per heavy atom. The van der Waals surface area contributed by atoms with Gasteiger partial charge in [-0.15, -0.1) is 5.10 Å². The van der Waals surface area contributed by atoms with Crippen LogP contribution >= 0.6 is 11.8 Å². The summed E-state index contributed by atoms with van der Waals surface area (Å²) in [5.41, 5.74) is 5.43. The number of nitrogens with one attached hydrogen (secondary N) is 2. The van der Waals surface area contributed by atoms with Gasteiger partial charge in [0.2, 0.25) is 0 Å². The normalized spacial score (nSPS) is 17.0. The van der Waals surface area contributed by atoms with Gasteiger partial charge in [-0.3, -0.25) is 4.99 Å². The Morgan fingerprint density at radius 2 is 1.97 bits per heavy atom. The molecule has 144 valence electrons. The molecular formula is C21H19N7S. The Bertz CT molecular complexity index is 1140. The number of thioether (sulfide) groups is 1. The summed E-state index contributed by atoms with van der Waals surface area (Å²) in [4.78, 5) is 14.5. The number of rotatable bonds is 4. The van der Waals surface area contributed by atoms with Crippen molar-refractivity contribution in [2.24, 2.45) is 4.99 Å². The van der Waals surface area contributed by atoms with Crippen LogP contribution in [0.1, 0.15) is 28.4 Å². The molecule has 0 saturated heterocycles. The van der Waals surface area contributed by atoms with Gasteiger partial charge in [0.15, 0.2) is 5.82 Å². The number of aryl methyl sites for hydroxylation is 1. The molecule has 0 spiro atoms. The van der Waals surface area contributed by atoms with Crippen LogP contribution < -0.4 is 10.6 Å². The topological polar surface area (TPSA) is 88.0 Å². The van der Waals surface area contributed by atoms with Gasteiger partial charge in [0.25, 0.3) is 0 Å². The van der Waals surface area contributed by atoms with Crippen LogP contribution in [0.2, 0.25) is 0 Å². The van der Waals surface area contributed by atoms with Crippen molar-refractivity contribution in [3.05, 3.63) is 75.8 Å². The quantitative estimate of drug-likeness (QED) is 0.693. The molecule has 8 heteroatoms. The highest BCUT2D eigenvalue weighted by molar-refractivity contribution is 8.03. The molecular weight excluding hydrogens is 382 g/mol. The summed E-state index contributed by atoms with van der Waals surface area (Å²) >= 11 is 1.63. The average molecular weight is 401 g/mol. The lowest BCUT2D eigenvalue weighted by molar-refractivity contribution is 0.715. The molecule has 3 aromatic rings. The maximum atomic E-state index is 4.65. The monoisotopic (exact) mass is 401 g/mol. The fourth-order valence-electron chi connectivity index (χ4n) is 3.47. The van der Waals surface area contributed by atoms with Crippen molar-refractivity contribution in [1.82, 2.24) is 30.8 Å². The third-order valence-corrected chi connectivity index (χ3v) is 6.24. The summed E-state index contributed by atoms with van der Waals surface area (Å²) in [6.45, 7) is 4.75. The van der Waals surface area contributed by atoms with Gasteiger partial charge in [0.1, 0.15) is 16.9 Å². The Morgan fingerprint density at radius 1 is 1.10 bits per heavy atom. The standard InChI is InChI=1S/C21H19N7S/c1-12-13(2)27-28-21-16(12)17-18(29-21)20(26-11-25-17)24-10-14-5-3-6-15(9-14)19-22-7-4-8-23-19/h3-9,11,17,24H,10H2,1-2H3,(H,25,26). The molecule has 4 heterocycles. The van der Waals surface area contributed by atoms with Crippen molar-refractivity contribution in [2.45, 2.75) is 31.5 Å². The molecule has 1 atom stereocenters. The molecule has 0 aliphatic carbocycles. The lowest BCUT2D eigenvalue weighted by Crippen LogP contribution is -2.30. The van der Waals surface area contributed by atoms with Crippen molar-refractivity contribution < 1.29 is 0 Å². The summed E-state index contributed by atoms with van der Waals surface area (Å²) in [7, 11) is 0. The van der Waals surface area contributed by atoms with E-state index in [4.69, 9.17) is 0 Å². The molecule has 2 aromatic heterocycles. The highest BCUT2D eigenvalue weighted by Crippen LogP contribution is 2.50. The third kappa shape index (κ3) is 3.25. The summed E-state index contributed by atoms with van der Waals surface area (Å²) in [5, 5.41) is 16.4. The highest BCUT2D eigenvalue weighted by atomic mass is 32.2. The molecule has 7 nitrogen and oxygen atoms in total. The number of hydrogen-bond donors (Lipinski definition) is 2. The molecule has 0 saturated carbocycles. The molecule has 0 radical (unpaired) electrons. The van der Waals surface area contributed by atoms with Gasteiger partial charge in [-0.05, 0) is 37.1 Å². The molecule has 2 aliphatic rings. The zero-order chi connectivity index (χ0) is 19.8. The largest absolute Gasteiger partial charge is 0.367 e. The molecule has 0 bridgehead atoms. The Kier molecular flexibility index (Phi) is 4.48. The van der Waals surface area contributed by atoms with E-state index in [2.05, 4.69) is 54.8 Å². The van der Waals surface area contributed by atoms with Crippen LogP contribution in [0.3, 0.4) is 0 Å². The van der Waals surface area contributed by atoms with E-state index in [1.807, 2.05) is 25.1 Å². The Balaban J connectivity index is 1.39. The summed E-state index contributed by atoms with van der Waals surface area (Å²) in [6, 6.07) is 10.1. The summed E-state index contributed by atoms with van der Waals surface area (Å²) < 4.78 is 0. The van der Waals surface area contributed by atoms with Crippen molar-refractivity contribution >= 4 is 18.1 Å². The second kappa shape index (κ2) is 7.29. The number of hydrogen-bond acceptors (Lipinski definition) is 8. The lowest BCUT2D eigenvalue weighted by atomic mass is 10.0. The first-order valence-electron chi connectivity index (χ1n) is 9.35. The Hall–Kier alpha value is -3.26. The minimum Gasteiger partial charge on any atom is -0.367 e. The van der Waals surface area contributed by atoms with Crippen LogP contribution in [-0.2, 0) is 6.54 Å². The predicted molar refractivity (Wildman–Crippen MR) is 113 cm³/mol. The summed E-state index contributed by atoms with van der Waals surface area (Å²) in [5.74, 6) is 1.69. The molecule has 29 heavy (non-hydrogen) atoms. The van der Waals surface area contributed by atoms with Crippen LogP contribution in [0.4, 0.5) is 0 Å². The van der Waals surface area contributed by atoms with Gasteiger partial charge >= 0.3 is 0 Å². The van der Waals surface area contributed by atoms with Crippen molar-refractivity contribution in [2.75, 3.05) is 0 Å². The number of aliphatic imine (C=N–C) groups is 1. The molecule has 2 aliphatic heterocycles. The first kappa shape index (κ1) is 17.8.